The smallest absolute Gasteiger partial charge is 0.331 e. The van der Waals surface area contributed by atoms with Gasteiger partial charge in [0.1, 0.15) is 11.3 Å². The van der Waals surface area contributed by atoms with Crippen molar-refractivity contribution in [2.45, 2.75) is 20.4 Å². The molecule has 8 heteroatoms. The van der Waals surface area contributed by atoms with Crippen LogP contribution >= 0.6 is 15.9 Å². The lowest BCUT2D eigenvalue weighted by atomic mass is 10.1. The molecule has 1 aliphatic rings. The van der Waals surface area contributed by atoms with Crippen LogP contribution < -0.4 is 10.2 Å². The molecule has 146 valence electrons. The third-order valence-corrected chi connectivity index (χ3v) is 5.10. The number of nitrogens with one attached hydrogen (secondary N) is 1. The van der Waals surface area contributed by atoms with Gasteiger partial charge in [0.15, 0.2) is 0 Å². The van der Waals surface area contributed by atoms with Crippen LogP contribution in [-0.4, -0.2) is 35.8 Å². The van der Waals surface area contributed by atoms with Crippen LogP contribution in [0.15, 0.2) is 51.1 Å². The molecule has 0 unspecified atom stereocenters. The van der Waals surface area contributed by atoms with Gasteiger partial charge in [-0.05, 0) is 65.7 Å². The summed E-state index contributed by atoms with van der Waals surface area (Å²) < 4.78 is 6.06. The fourth-order valence-corrected chi connectivity index (χ4v) is 3.64. The van der Waals surface area contributed by atoms with E-state index in [-0.39, 0.29) is 12.1 Å². The summed E-state index contributed by atoms with van der Waals surface area (Å²) in [5, 5.41) is 2.20. The fourth-order valence-electron chi connectivity index (χ4n) is 3.00. The second-order valence-electron chi connectivity index (χ2n) is 6.17. The number of barbiturate groups is 1. The first-order chi connectivity index (χ1) is 13.4. The van der Waals surface area contributed by atoms with Crippen molar-refractivity contribution < 1.29 is 18.8 Å². The second kappa shape index (κ2) is 8.43. The zero-order valence-electron chi connectivity index (χ0n) is 15.6. The van der Waals surface area contributed by atoms with E-state index >= 15 is 0 Å². The minimum atomic E-state index is -0.762. The van der Waals surface area contributed by atoms with Gasteiger partial charge in [0.2, 0.25) is 0 Å². The molecule has 0 spiro atoms. The second-order valence-corrected chi connectivity index (χ2v) is 7.03. The summed E-state index contributed by atoms with van der Waals surface area (Å²) in [5.41, 5.74) is 1.60. The summed E-state index contributed by atoms with van der Waals surface area (Å²) in [6, 6.07) is 8.16. The van der Waals surface area contributed by atoms with E-state index in [0.717, 1.165) is 28.1 Å². The molecule has 28 heavy (non-hydrogen) atoms. The van der Waals surface area contributed by atoms with Crippen molar-refractivity contribution in [3.63, 3.8) is 0 Å². The fraction of sp³-hybridized carbons (Fsp3) is 0.250. The molecule has 0 saturated carbocycles. The van der Waals surface area contributed by atoms with Crippen molar-refractivity contribution >= 4 is 45.5 Å². The largest absolute Gasteiger partial charge is 0.467 e. The van der Waals surface area contributed by atoms with Crippen molar-refractivity contribution in [1.82, 2.24) is 10.2 Å². The topological polar surface area (TPSA) is 82.9 Å². The Morgan fingerprint density at radius 1 is 1.18 bits per heavy atom. The molecular weight excluding hydrogens is 426 g/mol. The zero-order chi connectivity index (χ0) is 20.3. The lowest BCUT2D eigenvalue weighted by Gasteiger charge is -2.25. The molecule has 0 bridgehead atoms. The lowest BCUT2D eigenvalue weighted by molar-refractivity contribution is -0.130. The minimum Gasteiger partial charge on any atom is -0.467 e. The van der Waals surface area contributed by atoms with E-state index in [2.05, 4.69) is 40.0 Å². The predicted molar refractivity (Wildman–Crippen MR) is 108 cm³/mol. The Kier molecular flexibility index (Phi) is 5.99. The Morgan fingerprint density at radius 2 is 1.93 bits per heavy atom. The molecule has 2 heterocycles. The molecule has 1 saturated heterocycles. The first-order valence-electron chi connectivity index (χ1n) is 8.90. The predicted octanol–water partition coefficient (Wildman–Crippen LogP) is 3.55. The summed E-state index contributed by atoms with van der Waals surface area (Å²) in [5.74, 6) is -0.924. The first-order valence-corrected chi connectivity index (χ1v) is 9.69. The van der Waals surface area contributed by atoms with Crippen LogP contribution in [0.3, 0.4) is 0 Å². The van der Waals surface area contributed by atoms with Crippen LogP contribution in [0.4, 0.5) is 10.5 Å². The third kappa shape index (κ3) is 4.01. The lowest BCUT2D eigenvalue weighted by Crippen LogP contribution is -2.53. The number of urea groups is 1. The molecule has 1 aromatic heterocycles. The number of imide groups is 2. The summed E-state index contributed by atoms with van der Waals surface area (Å²) >= 11 is 3.55. The molecule has 0 atom stereocenters. The standard InChI is InChI=1S/C20H20BrN3O4/c1-3-23(4-2)17-8-7-13(11-16(17)21)10-15-18(25)22-20(27)24(19(15)26)12-14-6-5-9-28-14/h5-11H,3-4,12H2,1-2H3,(H,22,25,27). The highest BCUT2D eigenvalue weighted by Crippen LogP contribution is 2.28. The van der Waals surface area contributed by atoms with Crippen LogP contribution in [-0.2, 0) is 16.1 Å². The van der Waals surface area contributed by atoms with Crippen molar-refractivity contribution in [1.29, 1.82) is 0 Å². The molecule has 3 rings (SSSR count). The highest BCUT2D eigenvalue weighted by molar-refractivity contribution is 9.10. The van der Waals surface area contributed by atoms with Gasteiger partial charge in [-0.3, -0.25) is 19.8 Å². The van der Waals surface area contributed by atoms with Crippen LogP contribution in [0.5, 0.6) is 0 Å². The summed E-state index contributed by atoms with van der Waals surface area (Å²) in [4.78, 5) is 40.2. The Balaban J connectivity index is 1.89. The van der Waals surface area contributed by atoms with Crippen LogP contribution in [0.25, 0.3) is 6.08 Å². The van der Waals surface area contributed by atoms with Crippen molar-refractivity contribution in [2.24, 2.45) is 0 Å². The molecule has 2 aromatic rings. The van der Waals surface area contributed by atoms with Crippen LogP contribution in [0.1, 0.15) is 25.2 Å². The monoisotopic (exact) mass is 445 g/mol. The third-order valence-electron chi connectivity index (χ3n) is 4.47. The normalized spacial score (nSPS) is 15.9. The Hall–Kier alpha value is -2.87. The van der Waals surface area contributed by atoms with Gasteiger partial charge in [0.25, 0.3) is 11.8 Å². The number of carbonyl (C=O) groups excluding carboxylic acids is 3. The summed E-state index contributed by atoms with van der Waals surface area (Å²) in [6.45, 7) is 5.82. The average Bonchev–Trinajstić information content (AvgIpc) is 3.18. The number of hydrogen-bond acceptors (Lipinski definition) is 5. The van der Waals surface area contributed by atoms with E-state index < -0.39 is 17.8 Å². The molecule has 1 aliphatic heterocycles. The van der Waals surface area contributed by atoms with Gasteiger partial charge >= 0.3 is 6.03 Å². The van der Waals surface area contributed by atoms with Gasteiger partial charge in [-0.1, -0.05) is 6.07 Å². The number of amides is 4. The number of carbonyl (C=O) groups is 3. The number of anilines is 1. The summed E-state index contributed by atoms with van der Waals surface area (Å²) in [6.07, 6.45) is 2.94. The van der Waals surface area contributed by atoms with Crippen molar-refractivity contribution in [2.75, 3.05) is 18.0 Å². The zero-order valence-corrected chi connectivity index (χ0v) is 17.2. The Labute approximate surface area is 171 Å². The minimum absolute atomic E-state index is 0.0487. The number of nitrogens with zero attached hydrogens (tertiary/aromatic N) is 2. The Bertz CT molecular complexity index is 933. The molecular formula is C20H20BrN3O4. The van der Waals surface area contributed by atoms with Gasteiger partial charge in [-0.15, -0.1) is 0 Å². The molecule has 1 aromatic carbocycles. The van der Waals surface area contributed by atoms with E-state index in [0.29, 0.717) is 11.3 Å². The van der Waals surface area contributed by atoms with Gasteiger partial charge in [-0.25, -0.2) is 4.79 Å². The van der Waals surface area contributed by atoms with Crippen molar-refractivity contribution in [3.8, 4) is 0 Å². The maximum Gasteiger partial charge on any atom is 0.331 e. The van der Waals surface area contributed by atoms with Gasteiger partial charge in [0, 0.05) is 17.6 Å². The van der Waals surface area contributed by atoms with Crippen LogP contribution in [0, 0.1) is 0 Å². The molecule has 0 aliphatic carbocycles. The van der Waals surface area contributed by atoms with E-state index in [1.165, 1.54) is 12.3 Å². The first kappa shape index (κ1) is 19.9. The van der Waals surface area contributed by atoms with Gasteiger partial charge < -0.3 is 9.32 Å². The molecule has 1 fully saturated rings. The van der Waals surface area contributed by atoms with E-state index in [9.17, 15) is 14.4 Å². The molecule has 4 amide bonds. The maximum atomic E-state index is 12.7. The van der Waals surface area contributed by atoms with Gasteiger partial charge in [-0.2, -0.15) is 0 Å². The molecule has 0 radical (unpaired) electrons. The maximum absolute atomic E-state index is 12.7. The van der Waals surface area contributed by atoms with E-state index in [1.54, 1.807) is 12.1 Å². The van der Waals surface area contributed by atoms with E-state index in [4.69, 9.17) is 4.42 Å². The summed E-state index contributed by atoms with van der Waals surface area (Å²) in [7, 11) is 0. The number of benzene rings is 1. The molecule has 1 N–H and O–H groups in total. The van der Waals surface area contributed by atoms with Crippen LogP contribution in [0.2, 0.25) is 0 Å². The van der Waals surface area contributed by atoms with Crippen molar-refractivity contribution in [3.05, 3.63) is 58.0 Å². The molecule has 7 nitrogen and oxygen atoms in total. The van der Waals surface area contributed by atoms with Gasteiger partial charge in [0.05, 0.1) is 18.5 Å². The number of furan rings is 1. The Morgan fingerprint density at radius 3 is 2.54 bits per heavy atom. The highest BCUT2D eigenvalue weighted by atomic mass is 79.9. The average molecular weight is 446 g/mol. The quantitative estimate of drug-likeness (QED) is 0.542. The van der Waals surface area contributed by atoms with E-state index in [1.807, 2.05) is 18.2 Å². The number of halogens is 1. The number of rotatable bonds is 6. The number of hydrogen-bond donors (Lipinski definition) is 1. The SMILES string of the molecule is CCN(CC)c1ccc(C=C2C(=O)NC(=O)N(Cc3ccco3)C2=O)cc1Br. The highest BCUT2D eigenvalue weighted by Gasteiger charge is 2.36.